The van der Waals surface area contributed by atoms with E-state index in [2.05, 4.69) is 0 Å². The van der Waals surface area contributed by atoms with E-state index in [-0.39, 0.29) is 5.75 Å². The zero-order valence-electron chi connectivity index (χ0n) is 16.4. The Balaban J connectivity index is 1.81. The maximum Gasteiger partial charge on any atom is 0.243 e. The van der Waals surface area contributed by atoms with Crippen LogP contribution in [0.3, 0.4) is 0 Å². The summed E-state index contributed by atoms with van der Waals surface area (Å²) < 4.78 is 52.2. The van der Waals surface area contributed by atoms with E-state index < -0.39 is 19.9 Å². The van der Waals surface area contributed by atoms with E-state index in [0.717, 1.165) is 11.1 Å². The van der Waals surface area contributed by atoms with Crippen LogP contribution in [0.1, 0.15) is 18.1 Å². The first-order valence-corrected chi connectivity index (χ1v) is 12.4. The van der Waals surface area contributed by atoms with E-state index in [4.69, 9.17) is 0 Å². The van der Waals surface area contributed by atoms with Gasteiger partial charge in [0.25, 0.3) is 0 Å². The molecule has 0 saturated carbocycles. The van der Waals surface area contributed by atoms with Crippen molar-refractivity contribution in [2.75, 3.05) is 36.8 Å². The Morgan fingerprint density at radius 3 is 2.11 bits per heavy atom. The number of sulfonamides is 1. The molecule has 8 heteroatoms. The third-order valence-corrected chi connectivity index (χ3v) is 8.95. The minimum absolute atomic E-state index is 0.0329. The second-order valence-electron chi connectivity index (χ2n) is 7.01. The number of nitrogens with zero attached hydrogens (tertiary/aromatic N) is 2. The van der Waals surface area contributed by atoms with Crippen LogP contribution in [0.5, 0.6) is 0 Å². The third-order valence-electron chi connectivity index (χ3n) is 5.28. The molecule has 152 valence electrons. The summed E-state index contributed by atoms with van der Waals surface area (Å²) in [6.45, 7) is 7.00. The average Bonchev–Trinajstić information content (AvgIpc) is 2.70. The molecule has 2 aromatic carbocycles. The second-order valence-corrected chi connectivity index (χ2v) is 11.2. The fourth-order valence-electron chi connectivity index (χ4n) is 3.33. The molecule has 0 aromatic heterocycles. The number of piperazine rings is 1. The lowest BCUT2D eigenvalue weighted by Crippen LogP contribution is -2.49. The lowest BCUT2D eigenvalue weighted by atomic mass is 10.1. The van der Waals surface area contributed by atoms with E-state index >= 15 is 0 Å². The first kappa shape index (κ1) is 20.8. The van der Waals surface area contributed by atoms with Crippen LogP contribution in [-0.2, 0) is 19.9 Å². The molecule has 0 bridgehead atoms. The van der Waals surface area contributed by atoms with Gasteiger partial charge in [-0.2, -0.15) is 4.31 Å². The topological polar surface area (TPSA) is 74.8 Å². The smallest absolute Gasteiger partial charge is 0.243 e. The van der Waals surface area contributed by atoms with Crippen molar-refractivity contribution in [2.24, 2.45) is 0 Å². The van der Waals surface area contributed by atoms with E-state index in [0.29, 0.717) is 41.7 Å². The third kappa shape index (κ3) is 3.94. The molecule has 0 radical (unpaired) electrons. The molecule has 0 aliphatic carbocycles. The van der Waals surface area contributed by atoms with Crippen LogP contribution in [0.4, 0.5) is 5.69 Å². The normalized spacial score (nSPS) is 16.3. The number of para-hydroxylation sites is 1. The lowest BCUT2D eigenvalue weighted by Gasteiger charge is -2.36. The number of rotatable bonds is 5. The van der Waals surface area contributed by atoms with Gasteiger partial charge in [-0.05, 0) is 49.2 Å². The molecular formula is C20H26N2O4S2. The van der Waals surface area contributed by atoms with Gasteiger partial charge in [-0.25, -0.2) is 16.8 Å². The van der Waals surface area contributed by atoms with Gasteiger partial charge >= 0.3 is 0 Å². The molecule has 28 heavy (non-hydrogen) atoms. The predicted octanol–water partition coefficient (Wildman–Crippen LogP) is 2.61. The van der Waals surface area contributed by atoms with Crippen LogP contribution in [0, 0.1) is 13.8 Å². The number of sulfone groups is 1. The quantitative estimate of drug-likeness (QED) is 0.740. The first-order valence-electron chi connectivity index (χ1n) is 9.31. The van der Waals surface area contributed by atoms with Crippen molar-refractivity contribution in [1.82, 2.24) is 4.31 Å². The Hall–Kier alpha value is -1.90. The number of aryl methyl sites for hydroxylation is 2. The van der Waals surface area contributed by atoms with Crippen molar-refractivity contribution in [3.05, 3.63) is 53.6 Å². The minimum Gasteiger partial charge on any atom is -0.368 e. The summed E-state index contributed by atoms with van der Waals surface area (Å²) in [4.78, 5) is 2.57. The summed E-state index contributed by atoms with van der Waals surface area (Å²) in [5.74, 6) is 0.0329. The lowest BCUT2D eigenvalue weighted by molar-refractivity contribution is 0.384. The van der Waals surface area contributed by atoms with Gasteiger partial charge < -0.3 is 4.90 Å². The monoisotopic (exact) mass is 422 g/mol. The average molecular weight is 423 g/mol. The van der Waals surface area contributed by atoms with E-state index in [9.17, 15) is 16.8 Å². The van der Waals surface area contributed by atoms with Crippen molar-refractivity contribution in [3.63, 3.8) is 0 Å². The van der Waals surface area contributed by atoms with Crippen LogP contribution in [0.25, 0.3) is 0 Å². The summed E-state index contributed by atoms with van der Waals surface area (Å²) in [7, 11) is -6.91. The summed E-state index contributed by atoms with van der Waals surface area (Å²) >= 11 is 0. The van der Waals surface area contributed by atoms with Gasteiger partial charge in [0.05, 0.1) is 21.2 Å². The summed E-state index contributed by atoms with van der Waals surface area (Å²) in [6, 6.07) is 12.1. The molecule has 2 aromatic rings. The molecule has 0 spiro atoms. The van der Waals surface area contributed by atoms with Crippen molar-refractivity contribution < 1.29 is 16.8 Å². The highest BCUT2D eigenvalue weighted by Crippen LogP contribution is 2.28. The van der Waals surface area contributed by atoms with Crippen LogP contribution < -0.4 is 4.90 Å². The van der Waals surface area contributed by atoms with Crippen molar-refractivity contribution in [2.45, 2.75) is 30.6 Å². The molecule has 0 unspecified atom stereocenters. The Bertz CT molecular complexity index is 1070. The Kier molecular flexibility index (Phi) is 5.84. The first-order chi connectivity index (χ1) is 13.2. The van der Waals surface area contributed by atoms with Crippen LogP contribution >= 0.6 is 0 Å². The maximum absolute atomic E-state index is 13.0. The van der Waals surface area contributed by atoms with Gasteiger partial charge in [0.1, 0.15) is 0 Å². The fraction of sp³-hybridized carbons (Fsp3) is 0.400. The zero-order valence-corrected chi connectivity index (χ0v) is 18.1. The summed E-state index contributed by atoms with van der Waals surface area (Å²) in [6.07, 6.45) is 0. The van der Waals surface area contributed by atoms with Gasteiger partial charge in [0, 0.05) is 26.2 Å². The zero-order chi connectivity index (χ0) is 20.5. The molecule has 0 N–H and O–H groups in total. The number of benzene rings is 2. The highest BCUT2D eigenvalue weighted by atomic mass is 32.2. The molecule has 6 nitrogen and oxygen atoms in total. The SMILES string of the molecule is CCS(=O)(=O)c1ccccc1N1CCN(S(=O)(=O)c2ccc(C)c(C)c2)CC1. The molecule has 1 heterocycles. The van der Waals surface area contributed by atoms with E-state index in [1.54, 1.807) is 37.3 Å². The molecule has 1 saturated heterocycles. The van der Waals surface area contributed by atoms with Crippen LogP contribution in [0.2, 0.25) is 0 Å². The van der Waals surface area contributed by atoms with Crippen LogP contribution in [-0.4, -0.2) is 53.1 Å². The van der Waals surface area contributed by atoms with E-state index in [1.807, 2.05) is 30.9 Å². The fourth-order valence-corrected chi connectivity index (χ4v) is 5.95. The second kappa shape index (κ2) is 7.85. The van der Waals surface area contributed by atoms with Gasteiger partial charge in [-0.1, -0.05) is 25.1 Å². The maximum atomic E-state index is 13.0. The van der Waals surface area contributed by atoms with Crippen molar-refractivity contribution >= 4 is 25.5 Å². The highest BCUT2D eigenvalue weighted by molar-refractivity contribution is 7.91. The van der Waals surface area contributed by atoms with Gasteiger partial charge in [0.15, 0.2) is 9.84 Å². The number of hydrogen-bond donors (Lipinski definition) is 0. The Morgan fingerprint density at radius 1 is 0.857 bits per heavy atom. The Morgan fingerprint density at radius 2 is 1.50 bits per heavy atom. The summed E-state index contributed by atoms with van der Waals surface area (Å²) in [5, 5.41) is 0. The van der Waals surface area contributed by atoms with Crippen LogP contribution in [0.15, 0.2) is 52.3 Å². The summed E-state index contributed by atoms with van der Waals surface area (Å²) in [5.41, 5.74) is 2.64. The van der Waals surface area contributed by atoms with E-state index in [1.165, 1.54) is 4.31 Å². The van der Waals surface area contributed by atoms with Gasteiger partial charge in [-0.15, -0.1) is 0 Å². The molecule has 1 aliphatic rings. The standard InChI is InChI=1S/C20H26N2O4S2/c1-4-27(23,24)20-8-6-5-7-19(20)21-11-13-22(14-12-21)28(25,26)18-10-9-16(2)17(3)15-18/h5-10,15H,4,11-14H2,1-3H3. The molecule has 1 aliphatic heterocycles. The molecule has 0 atom stereocenters. The molecular weight excluding hydrogens is 396 g/mol. The van der Waals surface area contributed by atoms with Gasteiger partial charge in [0.2, 0.25) is 10.0 Å². The minimum atomic E-state index is -3.56. The number of anilines is 1. The van der Waals surface area contributed by atoms with Crippen molar-refractivity contribution in [1.29, 1.82) is 0 Å². The Labute approximate surface area is 167 Å². The predicted molar refractivity (Wildman–Crippen MR) is 111 cm³/mol. The molecule has 1 fully saturated rings. The largest absolute Gasteiger partial charge is 0.368 e. The molecule has 3 rings (SSSR count). The molecule has 0 amide bonds. The van der Waals surface area contributed by atoms with Crippen molar-refractivity contribution in [3.8, 4) is 0 Å². The highest BCUT2D eigenvalue weighted by Gasteiger charge is 2.30. The van der Waals surface area contributed by atoms with Gasteiger partial charge in [-0.3, -0.25) is 0 Å². The number of hydrogen-bond acceptors (Lipinski definition) is 5.